The molecule has 1 aromatic carbocycles. The number of rotatable bonds is 3. The summed E-state index contributed by atoms with van der Waals surface area (Å²) in [6, 6.07) is 4.47. The van der Waals surface area contributed by atoms with Gasteiger partial charge >= 0.3 is 0 Å². The number of nitrogens with two attached hydrogens (primary N) is 1. The summed E-state index contributed by atoms with van der Waals surface area (Å²) in [6.45, 7) is 3.63. The molecule has 0 bridgehead atoms. The fraction of sp³-hybridized carbons (Fsp3) is 0.429. The first-order valence-corrected chi connectivity index (χ1v) is 6.44. The van der Waals surface area contributed by atoms with E-state index in [1.165, 1.54) is 6.07 Å². The lowest BCUT2D eigenvalue weighted by molar-refractivity contribution is -0.127. The topological polar surface area (TPSA) is 87.7 Å². The third-order valence-corrected chi connectivity index (χ3v) is 3.86. The fourth-order valence-corrected chi connectivity index (χ4v) is 2.66. The third-order valence-electron chi connectivity index (χ3n) is 3.86. The van der Waals surface area contributed by atoms with Crippen LogP contribution in [-0.2, 0) is 4.79 Å². The van der Waals surface area contributed by atoms with E-state index in [-0.39, 0.29) is 17.6 Å². The Morgan fingerprint density at radius 2 is 2.20 bits per heavy atom. The van der Waals surface area contributed by atoms with Gasteiger partial charge in [0.2, 0.25) is 5.91 Å². The molecule has 0 atom stereocenters. The fourth-order valence-electron chi connectivity index (χ4n) is 2.66. The first kappa shape index (κ1) is 14.3. The number of carbonyl (C=O) groups excluding carboxylic acids is 1. The van der Waals surface area contributed by atoms with Crippen molar-refractivity contribution in [2.24, 2.45) is 22.2 Å². The van der Waals surface area contributed by atoms with Crippen molar-refractivity contribution in [2.45, 2.75) is 26.7 Å². The Morgan fingerprint density at radius 3 is 2.70 bits per heavy atom. The standard InChI is InChI=1S/C14H18FN3O2/c1-8-6-14(7-8,12(16)18-20)13(19)17-10-4-3-9(2)11(15)5-10/h3-5,8,20H,6-7H2,1-2H3,(H2,16,18)(H,17,19). The van der Waals surface area contributed by atoms with Crippen LogP contribution in [-0.4, -0.2) is 17.0 Å². The molecule has 0 spiro atoms. The van der Waals surface area contributed by atoms with Crippen molar-refractivity contribution in [3.8, 4) is 0 Å². The minimum absolute atomic E-state index is 0.0966. The molecular weight excluding hydrogens is 261 g/mol. The van der Waals surface area contributed by atoms with E-state index in [0.29, 0.717) is 30.0 Å². The highest BCUT2D eigenvalue weighted by molar-refractivity contribution is 6.12. The molecule has 5 nitrogen and oxygen atoms in total. The molecule has 6 heteroatoms. The molecule has 1 aromatic rings. The van der Waals surface area contributed by atoms with Gasteiger partial charge in [-0.1, -0.05) is 18.1 Å². The molecule has 4 N–H and O–H groups in total. The van der Waals surface area contributed by atoms with E-state index >= 15 is 0 Å². The van der Waals surface area contributed by atoms with Crippen LogP contribution in [0.1, 0.15) is 25.3 Å². The Balaban J connectivity index is 2.20. The summed E-state index contributed by atoms with van der Waals surface area (Å²) in [5.41, 5.74) is 5.53. The number of nitrogens with one attached hydrogen (secondary N) is 1. The van der Waals surface area contributed by atoms with Gasteiger partial charge in [0.15, 0.2) is 5.84 Å². The highest BCUT2D eigenvalue weighted by Crippen LogP contribution is 2.46. The van der Waals surface area contributed by atoms with Crippen LogP contribution >= 0.6 is 0 Å². The Hall–Kier alpha value is -2.11. The zero-order chi connectivity index (χ0) is 14.9. The van der Waals surface area contributed by atoms with E-state index in [0.717, 1.165) is 0 Å². The van der Waals surface area contributed by atoms with E-state index in [4.69, 9.17) is 10.9 Å². The van der Waals surface area contributed by atoms with Crippen LogP contribution in [0.5, 0.6) is 0 Å². The Kier molecular flexibility index (Phi) is 3.65. The van der Waals surface area contributed by atoms with Crippen LogP contribution in [0.15, 0.2) is 23.4 Å². The van der Waals surface area contributed by atoms with Crippen molar-refractivity contribution in [2.75, 3.05) is 5.32 Å². The second-order valence-corrected chi connectivity index (χ2v) is 5.50. The van der Waals surface area contributed by atoms with Crippen molar-refractivity contribution in [3.05, 3.63) is 29.6 Å². The summed E-state index contributed by atoms with van der Waals surface area (Å²) >= 11 is 0. The van der Waals surface area contributed by atoms with Crippen molar-refractivity contribution in [3.63, 3.8) is 0 Å². The van der Waals surface area contributed by atoms with E-state index in [1.807, 2.05) is 6.92 Å². The first-order valence-electron chi connectivity index (χ1n) is 6.44. The maximum atomic E-state index is 13.5. The van der Waals surface area contributed by atoms with Crippen molar-refractivity contribution < 1.29 is 14.4 Å². The second-order valence-electron chi connectivity index (χ2n) is 5.50. The van der Waals surface area contributed by atoms with Crippen LogP contribution in [0.25, 0.3) is 0 Å². The predicted molar refractivity (Wildman–Crippen MR) is 74.0 cm³/mol. The Morgan fingerprint density at radius 1 is 1.55 bits per heavy atom. The normalized spacial score (nSPS) is 25.9. The lowest BCUT2D eigenvalue weighted by Gasteiger charge is -2.43. The quantitative estimate of drug-likeness (QED) is 0.343. The number of hydrogen-bond acceptors (Lipinski definition) is 3. The summed E-state index contributed by atoms with van der Waals surface area (Å²) in [5.74, 6) is -0.520. The Labute approximate surface area is 116 Å². The number of carbonyl (C=O) groups is 1. The number of oxime groups is 1. The molecule has 0 radical (unpaired) electrons. The molecule has 1 aliphatic carbocycles. The summed E-state index contributed by atoms with van der Waals surface area (Å²) in [5, 5.41) is 14.4. The van der Waals surface area contributed by atoms with E-state index in [9.17, 15) is 9.18 Å². The second kappa shape index (κ2) is 5.11. The van der Waals surface area contributed by atoms with E-state index in [2.05, 4.69) is 10.5 Å². The highest BCUT2D eigenvalue weighted by atomic mass is 19.1. The van der Waals surface area contributed by atoms with Gasteiger partial charge in [0.1, 0.15) is 11.2 Å². The minimum atomic E-state index is -0.991. The smallest absolute Gasteiger partial charge is 0.238 e. The van der Waals surface area contributed by atoms with Crippen molar-refractivity contribution >= 4 is 17.4 Å². The molecule has 1 fully saturated rings. The molecule has 0 saturated heterocycles. The molecule has 1 aliphatic rings. The molecule has 1 saturated carbocycles. The summed E-state index contributed by atoms with van der Waals surface area (Å²) in [7, 11) is 0. The SMILES string of the molecule is Cc1ccc(NC(=O)C2(/C(N)=N/O)CC(C)C2)cc1F. The maximum Gasteiger partial charge on any atom is 0.238 e. The van der Waals surface area contributed by atoms with Crippen LogP contribution in [0.2, 0.25) is 0 Å². The van der Waals surface area contributed by atoms with Gasteiger partial charge in [-0.2, -0.15) is 0 Å². The van der Waals surface area contributed by atoms with Gasteiger partial charge in [-0.05, 0) is 43.4 Å². The monoisotopic (exact) mass is 279 g/mol. The molecule has 1 amide bonds. The van der Waals surface area contributed by atoms with Gasteiger partial charge < -0.3 is 16.3 Å². The van der Waals surface area contributed by atoms with Crippen LogP contribution in [0.4, 0.5) is 10.1 Å². The number of aryl methyl sites for hydroxylation is 1. The van der Waals surface area contributed by atoms with Crippen LogP contribution < -0.4 is 11.1 Å². The molecular formula is C14H18FN3O2. The average Bonchev–Trinajstić information content (AvgIpc) is 2.38. The first-order chi connectivity index (χ1) is 9.39. The van der Waals surface area contributed by atoms with Gasteiger partial charge in [0.05, 0.1) is 0 Å². The van der Waals surface area contributed by atoms with E-state index in [1.54, 1.807) is 19.1 Å². The van der Waals surface area contributed by atoms with Gasteiger partial charge in [0, 0.05) is 5.69 Å². The van der Waals surface area contributed by atoms with Gasteiger partial charge in [-0.25, -0.2) is 4.39 Å². The lowest BCUT2D eigenvalue weighted by atomic mass is 9.61. The van der Waals surface area contributed by atoms with E-state index < -0.39 is 5.41 Å². The maximum absolute atomic E-state index is 13.5. The predicted octanol–water partition coefficient (Wildman–Crippen LogP) is 2.24. The number of halogens is 1. The highest BCUT2D eigenvalue weighted by Gasteiger charge is 2.52. The van der Waals surface area contributed by atoms with Crippen molar-refractivity contribution in [1.82, 2.24) is 0 Å². The number of nitrogens with zero attached hydrogens (tertiary/aromatic N) is 1. The summed E-state index contributed by atoms with van der Waals surface area (Å²) < 4.78 is 13.5. The van der Waals surface area contributed by atoms with Crippen LogP contribution in [0.3, 0.4) is 0 Å². The number of hydrogen-bond donors (Lipinski definition) is 3. The number of anilines is 1. The lowest BCUT2D eigenvalue weighted by Crippen LogP contribution is -2.54. The summed E-state index contributed by atoms with van der Waals surface area (Å²) in [4.78, 5) is 12.4. The van der Waals surface area contributed by atoms with Crippen molar-refractivity contribution in [1.29, 1.82) is 0 Å². The zero-order valence-corrected chi connectivity index (χ0v) is 11.5. The minimum Gasteiger partial charge on any atom is -0.409 e. The average molecular weight is 279 g/mol. The zero-order valence-electron chi connectivity index (χ0n) is 11.5. The molecule has 0 unspecified atom stereocenters. The Bertz CT molecular complexity index is 566. The number of amidine groups is 1. The van der Waals surface area contributed by atoms with Crippen LogP contribution in [0, 0.1) is 24.1 Å². The largest absolute Gasteiger partial charge is 0.409 e. The molecule has 0 aromatic heterocycles. The summed E-state index contributed by atoms with van der Waals surface area (Å²) in [6.07, 6.45) is 1.03. The molecule has 108 valence electrons. The molecule has 20 heavy (non-hydrogen) atoms. The van der Waals surface area contributed by atoms with Gasteiger partial charge in [-0.15, -0.1) is 0 Å². The van der Waals surface area contributed by atoms with Gasteiger partial charge in [0.25, 0.3) is 0 Å². The number of amides is 1. The molecule has 2 rings (SSSR count). The third kappa shape index (κ3) is 2.33. The van der Waals surface area contributed by atoms with Gasteiger partial charge in [-0.3, -0.25) is 4.79 Å². The number of benzene rings is 1. The molecule has 0 aliphatic heterocycles. The molecule has 0 heterocycles.